The smallest absolute Gasteiger partial charge is 0.115 e. The van der Waals surface area contributed by atoms with Crippen molar-refractivity contribution < 1.29 is 5.11 Å². The van der Waals surface area contributed by atoms with Gasteiger partial charge in [0.05, 0.1) is 0 Å². The fourth-order valence-electron chi connectivity index (χ4n) is 2.52. The topological polar surface area (TPSA) is 20.2 Å². The lowest BCUT2D eigenvalue weighted by Gasteiger charge is -2.16. The van der Waals surface area contributed by atoms with Gasteiger partial charge in [0.2, 0.25) is 0 Å². The third-order valence-corrected chi connectivity index (χ3v) is 3.96. The van der Waals surface area contributed by atoms with E-state index in [1.54, 1.807) is 12.1 Å². The average molecular weight is 266 g/mol. The van der Waals surface area contributed by atoms with Crippen molar-refractivity contribution in [3.05, 3.63) is 70.8 Å². The first-order valence-electron chi connectivity index (χ1n) is 7.02. The van der Waals surface area contributed by atoms with Crippen LogP contribution in [0.2, 0.25) is 0 Å². The third-order valence-electron chi connectivity index (χ3n) is 3.96. The molecule has 2 aromatic rings. The number of aryl methyl sites for hydroxylation is 2. The molecule has 0 aliphatic rings. The van der Waals surface area contributed by atoms with Crippen LogP contribution in [0.1, 0.15) is 40.7 Å². The monoisotopic (exact) mass is 266 g/mol. The Morgan fingerprint density at radius 1 is 1.10 bits per heavy atom. The lowest BCUT2D eigenvalue weighted by atomic mass is 9.89. The molecular weight excluding hydrogens is 244 g/mol. The lowest BCUT2D eigenvalue weighted by Crippen LogP contribution is -2.01. The SMILES string of the molecule is C=Cc1cc(C)c(C)cc1CC(C)c1ccc(O)cc1. The van der Waals surface area contributed by atoms with Gasteiger partial charge in [-0.1, -0.05) is 43.8 Å². The van der Waals surface area contributed by atoms with E-state index >= 15 is 0 Å². The molecule has 2 rings (SSSR count). The zero-order valence-electron chi connectivity index (χ0n) is 12.5. The first-order chi connectivity index (χ1) is 9.51. The number of hydrogen-bond donors (Lipinski definition) is 1. The fourth-order valence-corrected chi connectivity index (χ4v) is 2.52. The molecule has 0 saturated heterocycles. The summed E-state index contributed by atoms with van der Waals surface area (Å²) in [5, 5.41) is 9.36. The maximum atomic E-state index is 9.36. The van der Waals surface area contributed by atoms with Crippen molar-refractivity contribution in [1.82, 2.24) is 0 Å². The second-order valence-corrected chi connectivity index (χ2v) is 5.54. The second kappa shape index (κ2) is 5.96. The molecule has 1 heteroatoms. The van der Waals surface area contributed by atoms with E-state index < -0.39 is 0 Å². The fraction of sp³-hybridized carbons (Fsp3) is 0.263. The molecule has 0 radical (unpaired) electrons. The van der Waals surface area contributed by atoms with Crippen molar-refractivity contribution in [2.75, 3.05) is 0 Å². The molecule has 1 nitrogen and oxygen atoms in total. The van der Waals surface area contributed by atoms with Gasteiger partial charge >= 0.3 is 0 Å². The van der Waals surface area contributed by atoms with Crippen LogP contribution in [0.15, 0.2) is 43.0 Å². The van der Waals surface area contributed by atoms with Crippen molar-refractivity contribution in [3.63, 3.8) is 0 Å². The van der Waals surface area contributed by atoms with E-state index in [9.17, 15) is 5.11 Å². The Balaban J connectivity index is 2.27. The minimum Gasteiger partial charge on any atom is -0.508 e. The molecule has 20 heavy (non-hydrogen) atoms. The molecule has 0 aromatic heterocycles. The zero-order valence-corrected chi connectivity index (χ0v) is 12.5. The molecule has 0 fully saturated rings. The third kappa shape index (κ3) is 3.11. The van der Waals surface area contributed by atoms with Gasteiger partial charge in [-0.2, -0.15) is 0 Å². The standard InChI is InChI=1S/C19H22O/c1-5-16-10-13(2)14(3)11-18(16)12-15(4)17-6-8-19(20)9-7-17/h5-11,15,20H,1,12H2,2-4H3. The molecule has 0 aliphatic carbocycles. The van der Waals surface area contributed by atoms with E-state index in [4.69, 9.17) is 0 Å². The molecule has 0 amide bonds. The van der Waals surface area contributed by atoms with Crippen LogP contribution in [0.4, 0.5) is 0 Å². The molecule has 2 aromatic carbocycles. The predicted molar refractivity (Wildman–Crippen MR) is 86.2 cm³/mol. The van der Waals surface area contributed by atoms with Gasteiger partial charge in [0.15, 0.2) is 0 Å². The lowest BCUT2D eigenvalue weighted by molar-refractivity contribution is 0.475. The molecule has 0 heterocycles. The Bertz CT molecular complexity index is 608. The van der Waals surface area contributed by atoms with Gasteiger partial charge in [-0.15, -0.1) is 0 Å². The largest absolute Gasteiger partial charge is 0.508 e. The Kier molecular flexibility index (Phi) is 4.29. The van der Waals surface area contributed by atoms with Crippen LogP contribution in [0.3, 0.4) is 0 Å². The average Bonchev–Trinajstić information content (AvgIpc) is 2.43. The van der Waals surface area contributed by atoms with Gasteiger partial charge in [0.25, 0.3) is 0 Å². The van der Waals surface area contributed by atoms with Gasteiger partial charge in [-0.3, -0.25) is 0 Å². The van der Waals surface area contributed by atoms with Crippen molar-refractivity contribution >= 4 is 6.08 Å². The highest BCUT2D eigenvalue weighted by molar-refractivity contribution is 5.55. The van der Waals surface area contributed by atoms with E-state index in [1.807, 2.05) is 18.2 Å². The van der Waals surface area contributed by atoms with Gasteiger partial charge in [-0.05, 0) is 66.1 Å². The molecule has 1 N–H and O–H groups in total. The summed E-state index contributed by atoms with van der Waals surface area (Å²) < 4.78 is 0. The highest BCUT2D eigenvalue weighted by Gasteiger charge is 2.10. The number of rotatable bonds is 4. The maximum Gasteiger partial charge on any atom is 0.115 e. The second-order valence-electron chi connectivity index (χ2n) is 5.54. The molecule has 0 aliphatic heterocycles. The molecule has 1 unspecified atom stereocenters. The minimum absolute atomic E-state index is 0.318. The van der Waals surface area contributed by atoms with E-state index in [0.29, 0.717) is 11.7 Å². The minimum atomic E-state index is 0.318. The van der Waals surface area contributed by atoms with Crippen LogP contribution in [0.25, 0.3) is 6.08 Å². The summed E-state index contributed by atoms with van der Waals surface area (Å²) in [7, 11) is 0. The quantitative estimate of drug-likeness (QED) is 0.825. The normalized spacial score (nSPS) is 12.2. The summed E-state index contributed by atoms with van der Waals surface area (Å²) >= 11 is 0. The predicted octanol–water partition coefficient (Wildman–Crippen LogP) is 5.00. The Morgan fingerprint density at radius 2 is 1.70 bits per heavy atom. The van der Waals surface area contributed by atoms with Gasteiger partial charge < -0.3 is 5.11 Å². The molecule has 0 spiro atoms. The molecule has 0 saturated carbocycles. The van der Waals surface area contributed by atoms with Crippen LogP contribution >= 0.6 is 0 Å². The number of aromatic hydroxyl groups is 1. The van der Waals surface area contributed by atoms with Gasteiger partial charge in [0, 0.05) is 0 Å². The summed E-state index contributed by atoms with van der Waals surface area (Å²) in [6.45, 7) is 10.4. The number of hydrogen-bond acceptors (Lipinski definition) is 1. The Labute approximate surface area is 121 Å². The van der Waals surface area contributed by atoms with E-state index in [-0.39, 0.29) is 0 Å². The van der Waals surface area contributed by atoms with E-state index in [0.717, 1.165) is 6.42 Å². The highest BCUT2D eigenvalue weighted by Crippen LogP contribution is 2.26. The van der Waals surface area contributed by atoms with Crippen molar-refractivity contribution in [2.24, 2.45) is 0 Å². The van der Waals surface area contributed by atoms with Crippen LogP contribution in [-0.4, -0.2) is 5.11 Å². The molecule has 104 valence electrons. The van der Waals surface area contributed by atoms with E-state index in [2.05, 4.69) is 39.5 Å². The summed E-state index contributed by atoms with van der Waals surface area (Å²) in [6, 6.07) is 12.0. The van der Waals surface area contributed by atoms with Gasteiger partial charge in [0.1, 0.15) is 5.75 Å². The van der Waals surface area contributed by atoms with Crippen LogP contribution < -0.4 is 0 Å². The summed E-state index contributed by atoms with van der Waals surface area (Å²) in [4.78, 5) is 0. The molecule has 0 bridgehead atoms. The van der Waals surface area contributed by atoms with Crippen LogP contribution in [-0.2, 0) is 6.42 Å². The molecular formula is C19H22O. The van der Waals surface area contributed by atoms with E-state index in [1.165, 1.54) is 27.8 Å². The number of phenols is 1. The Hall–Kier alpha value is -2.02. The highest BCUT2D eigenvalue weighted by atomic mass is 16.3. The first kappa shape index (κ1) is 14.4. The summed E-state index contributed by atoms with van der Waals surface area (Å²) in [5.41, 5.74) is 6.43. The summed E-state index contributed by atoms with van der Waals surface area (Å²) in [6.07, 6.45) is 2.92. The van der Waals surface area contributed by atoms with Crippen LogP contribution in [0.5, 0.6) is 5.75 Å². The van der Waals surface area contributed by atoms with Gasteiger partial charge in [-0.25, -0.2) is 0 Å². The van der Waals surface area contributed by atoms with Crippen molar-refractivity contribution in [1.29, 1.82) is 0 Å². The summed E-state index contributed by atoms with van der Waals surface area (Å²) in [5.74, 6) is 0.732. The number of benzene rings is 2. The maximum absolute atomic E-state index is 9.36. The van der Waals surface area contributed by atoms with Crippen molar-refractivity contribution in [2.45, 2.75) is 33.1 Å². The Morgan fingerprint density at radius 3 is 2.30 bits per heavy atom. The molecule has 1 atom stereocenters. The van der Waals surface area contributed by atoms with Crippen LogP contribution in [0, 0.1) is 13.8 Å². The first-order valence-corrected chi connectivity index (χ1v) is 7.02. The zero-order chi connectivity index (χ0) is 14.7. The number of phenolic OH excluding ortho intramolecular Hbond substituents is 1. The van der Waals surface area contributed by atoms with Crippen molar-refractivity contribution in [3.8, 4) is 5.75 Å².